The molecule has 0 saturated heterocycles. The Labute approximate surface area is 123 Å². The van der Waals surface area contributed by atoms with Gasteiger partial charge >= 0.3 is 0 Å². The number of hydrogen-bond acceptors (Lipinski definition) is 4. The fourth-order valence-electron chi connectivity index (χ4n) is 1.82. The molecule has 0 unspecified atom stereocenters. The maximum absolute atomic E-state index is 8.85. The molecule has 1 N–H and O–H groups in total. The Hall–Kier alpha value is -1.90. The van der Waals surface area contributed by atoms with Gasteiger partial charge < -0.3 is 5.32 Å². The lowest BCUT2D eigenvalue weighted by atomic mass is 10.2. The number of nitriles is 1. The van der Waals surface area contributed by atoms with E-state index in [1.54, 1.807) is 29.1 Å². The van der Waals surface area contributed by atoms with Crippen LogP contribution in [-0.4, -0.2) is 21.5 Å². The first-order valence-electron chi connectivity index (χ1n) is 6.42. The van der Waals surface area contributed by atoms with Crippen molar-refractivity contribution >= 4 is 11.6 Å². The summed E-state index contributed by atoms with van der Waals surface area (Å²) in [6.45, 7) is 5.90. The highest BCUT2D eigenvalue weighted by atomic mass is 35.5. The second kappa shape index (κ2) is 6.51. The minimum absolute atomic E-state index is 0.486. The quantitative estimate of drug-likeness (QED) is 0.918. The van der Waals surface area contributed by atoms with Crippen LogP contribution in [0.3, 0.4) is 0 Å². The molecule has 0 saturated carbocycles. The number of benzene rings is 1. The Morgan fingerprint density at radius 2 is 2.25 bits per heavy atom. The molecule has 2 aromatic rings. The SMILES string of the molecule is CC(C)CNCc1cnnn1-c1ccc(C#N)cc1Cl. The van der Waals surface area contributed by atoms with E-state index in [2.05, 4.69) is 35.5 Å². The second-order valence-electron chi connectivity index (χ2n) is 4.94. The van der Waals surface area contributed by atoms with Crippen molar-refractivity contribution in [3.05, 3.63) is 40.7 Å². The van der Waals surface area contributed by atoms with E-state index in [-0.39, 0.29) is 0 Å². The van der Waals surface area contributed by atoms with Crippen LogP contribution in [0.5, 0.6) is 0 Å². The molecule has 0 aliphatic carbocycles. The molecule has 0 radical (unpaired) electrons. The van der Waals surface area contributed by atoms with Crippen molar-refractivity contribution in [2.75, 3.05) is 6.54 Å². The highest BCUT2D eigenvalue weighted by Crippen LogP contribution is 2.22. The van der Waals surface area contributed by atoms with E-state index in [1.807, 2.05) is 0 Å². The molecule has 5 nitrogen and oxygen atoms in total. The predicted molar refractivity (Wildman–Crippen MR) is 77.6 cm³/mol. The maximum Gasteiger partial charge on any atom is 0.0992 e. The summed E-state index contributed by atoms with van der Waals surface area (Å²) in [6.07, 6.45) is 1.71. The van der Waals surface area contributed by atoms with Crippen LogP contribution in [0.2, 0.25) is 5.02 Å². The lowest BCUT2D eigenvalue weighted by Gasteiger charge is -2.10. The van der Waals surface area contributed by atoms with Gasteiger partial charge in [0, 0.05) is 6.54 Å². The average molecular weight is 290 g/mol. The summed E-state index contributed by atoms with van der Waals surface area (Å²) < 4.78 is 1.69. The van der Waals surface area contributed by atoms with Crippen molar-refractivity contribution in [1.29, 1.82) is 5.26 Å². The van der Waals surface area contributed by atoms with Crippen molar-refractivity contribution < 1.29 is 0 Å². The van der Waals surface area contributed by atoms with E-state index in [0.29, 0.717) is 23.0 Å². The normalized spacial score (nSPS) is 10.8. The fraction of sp³-hybridized carbons (Fsp3) is 0.357. The second-order valence-corrected chi connectivity index (χ2v) is 5.35. The summed E-state index contributed by atoms with van der Waals surface area (Å²) in [7, 11) is 0. The summed E-state index contributed by atoms with van der Waals surface area (Å²) in [5.74, 6) is 0.581. The van der Waals surface area contributed by atoms with Crippen LogP contribution in [0.25, 0.3) is 5.69 Å². The predicted octanol–water partition coefficient (Wildman–Crippen LogP) is 2.54. The van der Waals surface area contributed by atoms with Gasteiger partial charge in [0.25, 0.3) is 0 Å². The molecule has 0 spiro atoms. The van der Waals surface area contributed by atoms with Crippen molar-refractivity contribution in [3.8, 4) is 11.8 Å². The number of halogens is 1. The third-order valence-corrected chi connectivity index (χ3v) is 3.09. The van der Waals surface area contributed by atoms with Gasteiger partial charge in [-0.3, -0.25) is 0 Å². The van der Waals surface area contributed by atoms with Crippen LogP contribution in [0, 0.1) is 17.2 Å². The fourth-order valence-corrected chi connectivity index (χ4v) is 2.08. The number of aromatic nitrogens is 3. The molecule has 1 heterocycles. The van der Waals surface area contributed by atoms with Crippen LogP contribution >= 0.6 is 11.6 Å². The molecule has 1 aromatic heterocycles. The summed E-state index contributed by atoms with van der Waals surface area (Å²) in [5.41, 5.74) is 2.18. The smallest absolute Gasteiger partial charge is 0.0992 e. The van der Waals surface area contributed by atoms with Gasteiger partial charge in [0.2, 0.25) is 0 Å². The molecule has 0 bridgehead atoms. The summed E-state index contributed by atoms with van der Waals surface area (Å²) >= 11 is 6.20. The molecule has 0 aliphatic heterocycles. The molecule has 0 atom stereocenters. The summed E-state index contributed by atoms with van der Waals surface area (Å²) in [5, 5.41) is 20.7. The van der Waals surface area contributed by atoms with Crippen LogP contribution in [0.4, 0.5) is 0 Å². The maximum atomic E-state index is 8.85. The number of nitrogens with one attached hydrogen (secondary N) is 1. The number of rotatable bonds is 5. The lowest BCUT2D eigenvalue weighted by molar-refractivity contribution is 0.542. The van der Waals surface area contributed by atoms with Gasteiger partial charge in [-0.1, -0.05) is 30.7 Å². The zero-order chi connectivity index (χ0) is 14.5. The summed E-state index contributed by atoms with van der Waals surface area (Å²) in [6, 6.07) is 7.18. The third kappa shape index (κ3) is 3.35. The first kappa shape index (κ1) is 14.5. The Morgan fingerprint density at radius 1 is 1.45 bits per heavy atom. The van der Waals surface area contributed by atoms with E-state index >= 15 is 0 Å². The van der Waals surface area contributed by atoms with Crippen molar-refractivity contribution in [2.45, 2.75) is 20.4 Å². The minimum atomic E-state index is 0.486. The number of nitrogens with zero attached hydrogens (tertiary/aromatic N) is 4. The van der Waals surface area contributed by atoms with Crippen LogP contribution in [0.1, 0.15) is 25.1 Å². The molecule has 20 heavy (non-hydrogen) atoms. The third-order valence-electron chi connectivity index (χ3n) is 2.78. The monoisotopic (exact) mass is 289 g/mol. The van der Waals surface area contributed by atoms with E-state index in [9.17, 15) is 0 Å². The Morgan fingerprint density at radius 3 is 2.90 bits per heavy atom. The number of hydrogen-bond donors (Lipinski definition) is 1. The first-order chi connectivity index (χ1) is 9.61. The largest absolute Gasteiger partial charge is 0.311 e. The standard InChI is InChI=1S/C14H16ClN5/c1-10(2)7-17-8-12-9-18-19-20(12)14-4-3-11(6-16)5-13(14)15/h3-5,9-10,17H,7-8H2,1-2H3. The van der Waals surface area contributed by atoms with Gasteiger partial charge in [-0.2, -0.15) is 5.26 Å². The Balaban J connectivity index is 2.21. The van der Waals surface area contributed by atoms with Gasteiger partial charge in [-0.25, -0.2) is 4.68 Å². The molecule has 0 fully saturated rings. The molecule has 0 amide bonds. The zero-order valence-corrected chi connectivity index (χ0v) is 12.2. The van der Waals surface area contributed by atoms with Gasteiger partial charge in [-0.05, 0) is 30.7 Å². The van der Waals surface area contributed by atoms with Gasteiger partial charge in [0.1, 0.15) is 0 Å². The van der Waals surface area contributed by atoms with E-state index in [0.717, 1.165) is 17.9 Å². The van der Waals surface area contributed by atoms with E-state index < -0.39 is 0 Å². The average Bonchev–Trinajstić information content (AvgIpc) is 2.86. The summed E-state index contributed by atoms with van der Waals surface area (Å²) in [4.78, 5) is 0. The molecule has 104 valence electrons. The van der Waals surface area contributed by atoms with Crippen LogP contribution in [-0.2, 0) is 6.54 Å². The minimum Gasteiger partial charge on any atom is -0.311 e. The van der Waals surface area contributed by atoms with Crippen LogP contribution in [0.15, 0.2) is 24.4 Å². The Kier molecular flexibility index (Phi) is 4.72. The Bertz CT molecular complexity index is 627. The van der Waals surface area contributed by atoms with Crippen LogP contribution < -0.4 is 5.32 Å². The highest BCUT2D eigenvalue weighted by molar-refractivity contribution is 6.32. The van der Waals surface area contributed by atoms with Crippen molar-refractivity contribution in [3.63, 3.8) is 0 Å². The van der Waals surface area contributed by atoms with E-state index in [4.69, 9.17) is 16.9 Å². The molecule has 1 aromatic carbocycles. The lowest BCUT2D eigenvalue weighted by Crippen LogP contribution is -2.20. The van der Waals surface area contributed by atoms with Crippen molar-refractivity contribution in [2.24, 2.45) is 5.92 Å². The molecule has 2 rings (SSSR count). The molecular formula is C14H16ClN5. The van der Waals surface area contributed by atoms with Gasteiger partial charge in [-0.15, -0.1) is 5.10 Å². The highest BCUT2D eigenvalue weighted by Gasteiger charge is 2.10. The van der Waals surface area contributed by atoms with Crippen molar-refractivity contribution in [1.82, 2.24) is 20.3 Å². The zero-order valence-electron chi connectivity index (χ0n) is 11.5. The topological polar surface area (TPSA) is 66.5 Å². The molecular weight excluding hydrogens is 274 g/mol. The van der Waals surface area contributed by atoms with Gasteiger partial charge in [0.05, 0.1) is 34.2 Å². The van der Waals surface area contributed by atoms with Gasteiger partial charge in [0.15, 0.2) is 0 Å². The first-order valence-corrected chi connectivity index (χ1v) is 6.80. The molecule has 6 heteroatoms. The van der Waals surface area contributed by atoms with E-state index in [1.165, 1.54) is 0 Å². The molecule has 0 aliphatic rings.